The molecule has 2 N–H and O–H groups in total. The Balaban J connectivity index is 2.24. The molecule has 0 aromatic heterocycles. The second-order valence-electron chi connectivity index (χ2n) is 6.48. The summed E-state index contributed by atoms with van der Waals surface area (Å²) in [5.41, 5.74) is 1.85. The molecular weight excluding hydrogens is 336 g/mol. The normalized spacial score (nSPS) is 17.3. The van der Waals surface area contributed by atoms with E-state index in [9.17, 15) is 9.59 Å². The maximum absolute atomic E-state index is 12.5. The molecule has 1 atom stereocenters. The zero-order valence-corrected chi connectivity index (χ0v) is 16.0. The van der Waals surface area contributed by atoms with E-state index < -0.39 is 12.0 Å². The molecule has 0 fully saturated rings. The van der Waals surface area contributed by atoms with Gasteiger partial charge in [0.1, 0.15) is 0 Å². The topological polar surface area (TPSA) is 67.4 Å². The third kappa shape index (κ3) is 5.26. The average molecular weight is 362 g/mol. The summed E-state index contributed by atoms with van der Waals surface area (Å²) in [5.74, 6) is 0.923. The first-order valence-electron chi connectivity index (χ1n) is 8.60. The number of hydrogen-bond donors (Lipinski definition) is 2. The Labute approximate surface area is 153 Å². The third-order valence-electron chi connectivity index (χ3n) is 3.72. The predicted octanol–water partition coefficient (Wildman–Crippen LogP) is 4.02. The zero-order chi connectivity index (χ0) is 18.4. The van der Waals surface area contributed by atoms with E-state index in [2.05, 4.69) is 17.6 Å². The van der Waals surface area contributed by atoms with Crippen LogP contribution in [0.2, 0.25) is 0 Å². The molecule has 0 radical (unpaired) electrons. The number of esters is 1. The van der Waals surface area contributed by atoms with E-state index in [1.807, 2.05) is 38.1 Å². The van der Waals surface area contributed by atoms with E-state index in [4.69, 9.17) is 4.74 Å². The van der Waals surface area contributed by atoms with E-state index >= 15 is 0 Å². The van der Waals surface area contributed by atoms with Crippen molar-refractivity contribution in [2.45, 2.75) is 45.1 Å². The molecule has 0 saturated carbocycles. The Bertz CT molecular complexity index is 653. The number of nitrogens with one attached hydrogen (secondary N) is 2. The Morgan fingerprint density at radius 2 is 1.96 bits per heavy atom. The van der Waals surface area contributed by atoms with Crippen molar-refractivity contribution in [2.75, 3.05) is 12.4 Å². The van der Waals surface area contributed by atoms with Gasteiger partial charge in [-0.2, -0.15) is 0 Å². The standard InChI is InChI=1S/C19H26N2O3S/c1-5-10-25-15-8-6-14(7-9-15)17-16(13(4)20-19(23)21-17)18(22)24-11-12(2)3/h6-9,12,17H,5,10-11H2,1-4H3,(H2,20,21,23). The molecule has 1 aliphatic rings. The van der Waals surface area contributed by atoms with Crippen LogP contribution in [-0.2, 0) is 9.53 Å². The van der Waals surface area contributed by atoms with Crippen LogP contribution in [0.3, 0.4) is 0 Å². The molecule has 0 saturated heterocycles. The summed E-state index contributed by atoms with van der Waals surface area (Å²) in [6.07, 6.45) is 1.12. The number of thioether (sulfide) groups is 1. The molecule has 0 spiro atoms. The second-order valence-corrected chi connectivity index (χ2v) is 7.65. The third-order valence-corrected chi connectivity index (χ3v) is 4.94. The smallest absolute Gasteiger partial charge is 0.338 e. The van der Waals surface area contributed by atoms with E-state index in [0.29, 0.717) is 17.9 Å². The summed E-state index contributed by atoms with van der Waals surface area (Å²) in [6.45, 7) is 8.19. The highest BCUT2D eigenvalue weighted by Gasteiger charge is 2.32. The minimum atomic E-state index is -0.501. The molecule has 6 heteroatoms. The van der Waals surface area contributed by atoms with Gasteiger partial charge in [0, 0.05) is 10.6 Å². The Morgan fingerprint density at radius 1 is 1.28 bits per heavy atom. The number of rotatable bonds is 7. The molecule has 2 rings (SSSR count). The SMILES string of the molecule is CCCSc1ccc(C2NC(=O)NC(C)=C2C(=O)OCC(C)C)cc1. The van der Waals surface area contributed by atoms with Gasteiger partial charge in [0.2, 0.25) is 0 Å². The fourth-order valence-corrected chi connectivity index (χ4v) is 3.28. The number of hydrogen-bond acceptors (Lipinski definition) is 4. The van der Waals surface area contributed by atoms with E-state index in [0.717, 1.165) is 17.7 Å². The Hall–Kier alpha value is -1.95. The van der Waals surface area contributed by atoms with Crippen molar-refractivity contribution < 1.29 is 14.3 Å². The van der Waals surface area contributed by atoms with Gasteiger partial charge in [-0.15, -0.1) is 11.8 Å². The largest absolute Gasteiger partial charge is 0.462 e. The summed E-state index contributed by atoms with van der Waals surface area (Å²) >= 11 is 1.79. The van der Waals surface area contributed by atoms with Crippen molar-refractivity contribution in [3.8, 4) is 0 Å². The van der Waals surface area contributed by atoms with Crippen molar-refractivity contribution in [2.24, 2.45) is 5.92 Å². The number of amides is 2. The molecular formula is C19H26N2O3S. The van der Waals surface area contributed by atoms with Crippen molar-refractivity contribution in [1.29, 1.82) is 0 Å². The van der Waals surface area contributed by atoms with Gasteiger partial charge in [0.25, 0.3) is 0 Å². The van der Waals surface area contributed by atoms with Crippen molar-refractivity contribution in [3.63, 3.8) is 0 Å². The van der Waals surface area contributed by atoms with E-state index in [-0.39, 0.29) is 11.9 Å². The maximum Gasteiger partial charge on any atom is 0.338 e. The van der Waals surface area contributed by atoms with Crippen LogP contribution in [0.5, 0.6) is 0 Å². The van der Waals surface area contributed by atoms with Gasteiger partial charge in [-0.05, 0) is 42.7 Å². The lowest BCUT2D eigenvalue weighted by molar-refractivity contribution is -0.140. The lowest BCUT2D eigenvalue weighted by atomic mass is 9.95. The summed E-state index contributed by atoms with van der Waals surface area (Å²) in [6, 6.07) is 7.15. The number of ether oxygens (including phenoxy) is 1. The van der Waals surface area contributed by atoms with Crippen LogP contribution in [-0.4, -0.2) is 24.4 Å². The lowest BCUT2D eigenvalue weighted by Gasteiger charge is -2.28. The van der Waals surface area contributed by atoms with Gasteiger partial charge < -0.3 is 15.4 Å². The monoisotopic (exact) mass is 362 g/mol. The molecule has 5 nitrogen and oxygen atoms in total. The number of carbonyl (C=O) groups is 2. The van der Waals surface area contributed by atoms with Crippen molar-refractivity contribution in [3.05, 3.63) is 41.1 Å². The highest BCUT2D eigenvalue weighted by molar-refractivity contribution is 7.99. The van der Waals surface area contributed by atoms with Crippen LogP contribution in [0.15, 0.2) is 40.4 Å². The number of allylic oxidation sites excluding steroid dienone is 1. The molecule has 136 valence electrons. The second kappa shape index (κ2) is 8.94. The molecule has 25 heavy (non-hydrogen) atoms. The minimum Gasteiger partial charge on any atom is -0.462 e. The highest BCUT2D eigenvalue weighted by Crippen LogP contribution is 2.29. The molecule has 1 aromatic carbocycles. The summed E-state index contributed by atoms with van der Waals surface area (Å²) < 4.78 is 5.38. The molecule has 1 heterocycles. The van der Waals surface area contributed by atoms with Gasteiger partial charge in [-0.3, -0.25) is 0 Å². The van der Waals surface area contributed by atoms with Crippen LogP contribution in [0.4, 0.5) is 4.79 Å². The van der Waals surface area contributed by atoms with Crippen molar-refractivity contribution >= 4 is 23.8 Å². The number of urea groups is 1. The van der Waals surface area contributed by atoms with Crippen LogP contribution in [0.25, 0.3) is 0 Å². The van der Waals surface area contributed by atoms with Gasteiger partial charge >= 0.3 is 12.0 Å². The first-order chi connectivity index (χ1) is 11.9. The summed E-state index contributed by atoms with van der Waals surface area (Å²) in [5, 5.41) is 5.49. The quantitative estimate of drug-likeness (QED) is 0.568. The van der Waals surface area contributed by atoms with Gasteiger partial charge in [0.15, 0.2) is 0 Å². The predicted molar refractivity (Wildman–Crippen MR) is 100 cm³/mol. The molecule has 1 aromatic rings. The van der Waals surface area contributed by atoms with Crippen LogP contribution in [0, 0.1) is 5.92 Å². The van der Waals surface area contributed by atoms with E-state index in [1.165, 1.54) is 4.90 Å². The first-order valence-corrected chi connectivity index (χ1v) is 9.59. The zero-order valence-electron chi connectivity index (χ0n) is 15.2. The summed E-state index contributed by atoms with van der Waals surface area (Å²) in [4.78, 5) is 25.6. The van der Waals surface area contributed by atoms with Crippen LogP contribution >= 0.6 is 11.8 Å². The molecule has 1 aliphatic heterocycles. The molecule has 2 amide bonds. The molecule has 1 unspecified atom stereocenters. The van der Waals surface area contributed by atoms with Crippen LogP contribution < -0.4 is 10.6 Å². The van der Waals surface area contributed by atoms with Gasteiger partial charge in [-0.1, -0.05) is 32.9 Å². The highest BCUT2D eigenvalue weighted by atomic mass is 32.2. The van der Waals surface area contributed by atoms with Crippen molar-refractivity contribution in [1.82, 2.24) is 10.6 Å². The number of benzene rings is 1. The van der Waals surface area contributed by atoms with E-state index in [1.54, 1.807) is 18.7 Å². The molecule has 0 bridgehead atoms. The minimum absolute atomic E-state index is 0.254. The maximum atomic E-state index is 12.5. The fraction of sp³-hybridized carbons (Fsp3) is 0.474. The average Bonchev–Trinajstić information content (AvgIpc) is 2.57. The number of carbonyl (C=O) groups excluding carboxylic acids is 2. The Kier molecular flexibility index (Phi) is 6.93. The van der Waals surface area contributed by atoms with Crippen LogP contribution in [0.1, 0.15) is 45.7 Å². The van der Waals surface area contributed by atoms with Gasteiger partial charge in [-0.25, -0.2) is 9.59 Å². The summed E-state index contributed by atoms with van der Waals surface area (Å²) in [7, 11) is 0. The lowest BCUT2D eigenvalue weighted by Crippen LogP contribution is -2.45. The Morgan fingerprint density at radius 3 is 2.56 bits per heavy atom. The molecule has 0 aliphatic carbocycles. The van der Waals surface area contributed by atoms with Gasteiger partial charge in [0.05, 0.1) is 18.2 Å². The fourth-order valence-electron chi connectivity index (χ4n) is 2.51. The first kappa shape index (κ1) is 19.4.